The van der Waals surface area contributed by atoms with Gasteiger partial charge in [-0.1, -0.05) is 12.1 Å². The zero-order chi connectivity index (χ0) is 15.2. The summed E-state index contributed by atoms with van der Waals surface area (Å²) in [7, 11) is 0. The van der Waals surface area contributed by atoms with Crippen LogP contribution in [-0.4, -0.2) is 28.6 Å². The van der Waals surface area contributed by atoms with E-state index in [-0.39, 0.29) is 23.3 Å². The molecule has 0 aromatic heterocycles. The molecule has 21 heavy (non-hydrogen) atoms. The minimum Gasteiger partial charge on any atom is -0.508 e. The SMILES string of the molecule is C[C@@H](NCCc1ccc(O)cc1)C(=O)c1ccc(O)cc1. The molecule has 110 valence electrons. The molecule has 0 fully saturated rings. The summed E-state index contributed by atoms with van der Waals surface area (Å²) in [6.07, 6.45) is 0.785. The summed E-state index contributed by atoms with van der Waals surface area (Å²) >= 11 is 0. The molecule has 0 amide bonds. The van der Waals surface area contributed by atoms with E-state index in [2.05, 4.69) is 5.32 Å². The van der Waals surface area contributed by atoms with Gasteiger partial charge in [0.1, 0.15) is 11.5 Å². The Morgan fingerprint density at radius 2 is 1.52 bits per heavy atom. The summed E-state index contributed by atoms with van der Waals surface area (Å²) < 4.78 is 0. The smallest absolute Gasteiger partial charge is 0.179 e. The topological polar surface area (TPSA) is 69.6 Å². The van der Waals surface area contributed by atoms with Crippen LogP contribution in [0.2, 0.25) is 0 Å². The fraction of sp³-hybridized carbons (Fsp3) is 0.235. The predicted molar refractivity (Wildman–Crippen MR) is 81.7 cm³/mol. The second-order valence-electron chi connectivity index (χ2n) is 5.00. The van der Waals surface area contributed by atoms with Crippen LogP contribution >= 0.6 is 0 Å². The first-order valence-electron chi connectivity index (χ1n) is 6.91. The van der Waals surface area contributed by atoms with E-state index < -0.39 is 0 Å². The van der Waals surface area contributed by atoms with E-state index >= 15 is 0 Å². The Kier molecular flexibility index (Phi) is 4.95. The number of phenolic OH excluding ortho intramolecular Hbond substituents is 2. The van der Waals surface area contributed by atoms with Gasteiger partial charge >= 0.3 is 0 Å². The molecule has 3 N–H and O–H groups in total. The number of hydrogen-bond donors (Lipinski definition) is 3. The summed E-state index contributed by atoms with van der Waals surface area (Å²) in [5.74, 6) is 0.405. The first kappa shape index (κ1) is 15.1. The van der Waals surface area contributed by atoms with Crippen LogP contribution in [0.1, 0.15) is 22.8 Å². The first-order valence-corrected chi connectivity index (χ1v) is 6.91. The van der Waals surface area contributed by atoms with Crippen LogP contribution in [0.5, 0.6) is 11.5 Å². The lowest BCUT2D eigenvalue weighted by molar-refractivity contribution is 0.0951. The number of hydrogen-bond acceptors (Lipinski definition) is 4. The third-order valence-corrected chi connectivity index (χ3v) is 3.35. The van der Waals surface area contributed by atoms with E-state index in [4.69, 9.17) is 0 Å². The Balaban J connectivity index is 1.83. The van der Waals surface area contributed by atoms with E-state index in [9.17, 15) is 15.0 Å². The molecule has 0 unspecified atom stereocenters. The summed E-state index contributed by atoms with van der Waals surface area (Å²) in [4.78, 5) is 12.2. The van der Waals surface area contributed by atoms with Gasteiger partial charge in [0.15, 0.2) is 5.78 Å². The number of aromatic hydroxyl groups is 2. The summed E-state index contributed by atoms with van der Waals surface area (Å²) in [5, 5.41) is 21.6. The number of benzene rings is 2. The fourth-order valence-corrected chi connectivity index (χ4v) is 2.06. The molecule has 0 heterocycles. The second kappa shape index (κ2) is 6.90. The Morgan fingerprint density at radius 3 is 2.10 bits per heavy atom. The molecule has 4 nitrogen and oxygen atoms in total. The van der Waals surface area contributed by atoms with Crippen LogP contribution in [0.15, 0.2) is 48.5 Å². The van der Waals surface area contributed by atoms with Gasteiger partial charge in [-0.2, -0.15) is 0 Å². The minimum absolute atomic E-state index is 0.000654. The van der Waals surface area contributed by atoms with Gasteiger partial charge < -0.3 is 15.5 Å². The molecule has 2 aromatic rings. The van der Waals surface area contributed by atoms with Crippen molar-refractivity contribution < 1.29 is 15.0 Å². The van der Waals surface area contributed by atoms with Crippen LogP contribution in [0.3, 0.4) is 0 Å². The second-order valence-corrected chi connectivity index (χ2v) is 5.00. The quantitative estimate of drug-likeness (QED) is 0.713. The number of rotatable bonds is 6. The van der Waals surface area contributed by atoms with Crippen molar-refractivity contribution in [2.24, 2.45) is 0 Å². The zero-order valence-corrected chi connectivity index (χ0v) is 11.9. The van der Waals surface area contributed by atoms with Crippen molar-refractivity contribution in [3.63, 3.8) is 0 Å². The van der Waals surface area contributed by atoms with Crippen molar-refractivity contribution in [2.75, 3.05) is 6.54 Å². The molecule has 0 bridgehead atoms. The first-order chi connectivity index (χ1) is 10.1. The molecule has 0 aliphatic heterocycles. The molecule has 0 saturated carbocycles. The standard InChI is InChI=1S/C17H19NO3/c1-12(17(21)14-4-8-16(20)9-5-14)18-11-10-13-2-6-15(19)7-3-13/h2-9,12,18-20H,10-11H2,1H3/t12-/m1/s1. The van der Waals surface area contributed by atoms with Gasteiger partial charge in [-0.25, -0.2) is 0 Å². The van der Waals surface area contributed by atoms with Crippen molar-refractivity contribution in [2.45, 2.75) is 19.4 Å². The fourth-order valence-electron chi connectivity index (χ4n) is 2.06. The largest absolute Gasteiger partial charge is 0.508 e. The summed E-state index contributed by atoms with van der Waals surface area (Å²) in [6, 6.07) is 13.0. The number of phenols is 2. The Hall–Kier alpha value is -2.33. The Morgan fingerprint density at radius 1 is 1.00 bits per heavy atom. The number of nitrogens with one attached hydrogen (secondary N) is 1. The normalized spacial score (nSPS) is 12.0. The molecule has 4 heteroatoms. The van der Waals surface area contributed by atoms with Crippen LogP contribution in [0.25, 0.3) is 0 Å². The molecule has 1 atom stereocenters. The highest BCUT2D eigenvalue weighted by Crippen LogP contribution is 2.12. The molecule has 2 rings (SSSR count). The number of carbonyl (C=O) groups excluding carboxylic acids is 1. The molecule has 0 radical (unpaired) electrons. The average Bonchev–Trinajstić information content (AvgIpc) is 2.49. The van der Waals surface area contributed by atoms with Crippen molar-refractivity contribution >= 4 is 5.78 Å². The lowest BCUT2D eigenvalue weighted by atomic mass is 10.0. The molecular formula is C17H19NO3. The monoisotopic (exact) mass is 285 g/mol. The van der Waals surface area contributed by atoms with Crippen LogP contribution < -0.4 is 5.32 Å². The molecule has 0 aliphatic carbocycles. The lowest BCUT2D eigenvalue weighted by Crippen LogP contribution is -2.35. The van der Waals surface area contributed by atoms with Gasteiger partial charge in [0.25, 0.3) is 0 Å². The highest BCUT2D eigenvalue weighted by atomic mass is 16.3. The average molecular weight is 285 g/mol. The minimum atomic E-state index is -0.286. The number of ketones is 1. The van der Waals surface area contributed by atoms with E-state index in [1.54, 1.807) is 24.3 Å². The molecule has 0 spiro atoms. The van der Waals surface area contributed by atoms with Gasteiger partial charge in [0.2, 0.25) is 0 Å². The zero-order valence-electron chi connectivity index (χ0n) is 11.9. The molecular weight excluding hydrogens is 266 g/mol. The van der Waals surface area contributed by atoms with Crippen molar-refractivity contribution in [3.05, 3.63) is 59.7 Å². The van der Waals surface area contributed by atoms with Crippen LogP contribution in [-0.2, 0) is 6.42 Å². The van der Waals surface area contributed by atoms with E-state index in [1.165, 1.54) is 12.1 Å². The predicted octanol–water partition coefficient (Wildman–Crippen LogP) is 2.50. The number of carbonyl (C=O) groups is 1. The van der Waals surface area contributed by atoms with E-state index in [0.29, 0.717) is 12.1 Å². The van der Waals surface area contributed by atoms with Gasteiger partial charge in [-0.05, 0) is 61.9 Å². The van der Waals surface area contributed by atoms with Gasteiger partial charge in [0.05, 0.1) is 6.04 Å². The molecule has 0 saturated heterocycles. The lowest BCUT2D eigenvalue weighted by Gasteiger charge is -2.13. The van der Waals surface area contributed by atoms with Crippen LogP contribution in [0, 0.1) is 0 Å². The van der Waals surface area contributed by atoms with Gasteiger partial charge in [0, 0.05) is 5.56 Å². The Labute approximate surface area is 124 Å². The maximum Gasteiger partial charge on any atom is 0.179 e. The maximum absolute atomic E-state index is 12.2. The summed E-state index contributed by atoms with van der Waals surface area (Å²) in [6.45, 7) is 2.50. The molecule has 0 aliphatic rings. The number of Topliss-reactive ketones (excluding diaryl/α,β-unsaturated/α-hetero) is 1. The van der Waals surface area contributed by atoms with E-state index in [1.807, 2.05) is 19.1 Å². The third-order valence-electron chi connectivity index (χ3n) is 3.35. The van der Waals surface area contributed by atoms with Crippen molar-refractivity contribution in [1.29, 1.82) is 0 Å². The highest BCUT2D eigenvalue weighted by molar-refractivity contribution is 5.99. The van der Waals surface area contributed by atoms with Crippen LogP contribution in [0.4, 0.5) is 0 Å². The van der Waals surface area contributed by atoms with Crippen molar-refractivity contribution in [3.8, 4) is 11.5 Å². The summed E-state index contributed by atoms with van der Waals surface area (Å²) in [5.41, 5.74) is 1.68. The van der Waals surface area contributed by atoms with E-state index in [0.717, 1.165) is 12.0 Å². The van der Waals surface area contributed by atoms with Gasteiger partial charge in [-0.15, -0.1) is 0 Å². The van der Waals surface area contributed by atoms with Gasteiger partial charge in [-0.3, -0.25) is 4.79 Å². The third kappa shape index (κ3) is 4.33. The Bertz CT molecular complexity index is 590. The van der Waals surface area contributed by atoms with Crippen molar-refractivity contribution in [1.82, 2.24) is 5.32 Å². The highest BCUT2D eigenvalue weighted by Gasteiger charge is 2.14. The maximum atomic E-state index is 12.2. The molecule has 2 aromatic carbocycles.